The van der Waals surface area contributed by atoms with Gasteiger partial charge < -0.3 is 10.4 Å². The SMILES string of the molecule is [B]c1nn(CCCO)c(NCc2ccccc2)c1[N+](=O)[O-]. The number of benzene rings is 1. The average molecular weight is 286 g/mol. The molecule has 2 aromatic rings. The van der Waals surface area contributed by atoms with Crippen LogP contribution >= 0.6 is 0 Å². The molecule has 2 radical (unpaired) electrons. The number of aliphatic hydroxyl groups is 1. The van der Waals surface area contributed by atoms with Gasteiger partial charge in [-0.25, -0.2) is 4.68 Å². The van der Waals surface area contributed by atoms with Crippen molar-refractivity contribution in [3.8, 4) is 0 Å². The van der Waals surface area contributed by atoms with Gasteiger partial charge in [0.05, 0.1) is 10.5 Å². The molecule has 2 rings (SSSR count). The van der Waals surface area contributed by atoms with Crippen LogP contribution in [0.5, 0.6) is 0 Å². The molecule has 0 saturated carbocycles. The van der Waals surface area contributed by atoms with E-state index in [9.17, 15) is 10.1 Å². The quantitative estimate of drug-likeness (QED) is 0.441. The molecular formula is C13H15BN4O3. The maximum Gasteiger partial charge on any atom is 0.323 e. The summed E-state index contributed by atoms with van der Waals surface area (Å²) in [5, 5.41) is 27.0. The molecule has 1 aromatic carbocycles. The number of rotatable bonds is 7. The second-order valence-corrected chi connectivity index (χ2v) is 4.48. The van der Waals surface area contributed by atoms with Crippen molar-refractivity contribution in [2.75, 3.05) is 11.9 Å². The van der Waals surface area contributed by atoms with Crippen LogP contribution in [0.4, 0.5) is 11.5 Å². The van der Waals surface area contributed by atoms with Gasteiger partial charge in [-0.3, -0.25) is 10.1 Å². The number of aryl methyl sites for hydroxylation is 1. The van der Waals surface area contributed by atoms with Gasteiger partial charge in [0.25, 0.3) is 0 Å². The third-order valence-corrected chi connectivity index (χ3v) is 2.97. The largest absolute Gasteiger partial charge is 0.396 e. The fraction of sp³-hybridized carbons (Fsp3) is 0.308. The van der Waals surface area contributed by atoms with Gasteiger partial charge in [0.1, 0.15) is 0 Å². The minimum atomic E-state index is -0.550. The lowest BCUT2D eigenvalue weighted by molar-refractivity contribution is -0.382. The van der Waals surface area contributed by atoms with Crippen molar-refractivity contribution in [1.29, 1.82) is 0 Å². The predicted molar refractivity (Wildman–Crippen MR) is 79.7 cm³/mol. The van der Waals surface area contributed by atoms with Crippen molar-refractivity contribution in [3.05, 3.63) is 46.0 Å². The molecule has 0 aliphatic rings. The minimum Gasteiger partial charge on any atom is -0.396 e. The molecular weight excluding hydrogens is 271 g/mol. The third-order valence-electron chi connectivity index (χ3n) is 2.97. The van der Waals surface area contributed by atoms with Crippen LogP contribution in [-0.2, 0) is 13.1 Å². The average Bonchev–Trinajstić information content (AvgIpc) is 2.80. The van der Waals surface area contributed by atoms with E-state index >= 15 is 0 Å². The van der Waals surface area contributed by atoms with Crippen LogP contribution in [0, 0.1) is 10.1 Å². The highest BCUT2D eigenvalue weighted by Crippen LogP contribution is 2.22. The molecule has 0 aliphatic carbocycles. The van der Waals surface area contributed by atoms with Crippen molar-refractivity contribution < 1.29 is 10.0 Å². The lowest BCUT2D eigenvalue weighted by Crippen LogP contribution is -2.11. The van der Waals surface area contributed by atoms with Gasteiger partial charge in [-0.1, -0.05) is 30.3 Å². The van der Waals surface area contributed by atoms with E-state index in [0.717, 1.165) is 5.56 Å². The van der Waals surface area contributed by atoms with E-state index in [1.807, 2.05) is 30.3 Å². The first-order chi connectivity index (χ1) is 10.1. The number of aromatic nitrogens is 2. The Labute approximate surface area is 123 Å². The van der Waals surface area contributed by atoms with Crippen molar-refractivity contribution in [3.63, 3.8) is 0 Å². The number of aliphatic hydroxyl groups excluding tert-OH is 1. The Balaban J connectivity index is 2.24. The second kappa shape index (κ2) is 6.89. The Morgan fingerprint density at radius 1 is 1.38 bits per heavy atom. The maximum atomic E-state index is 11.1. The highest BCUT2D eigenvalue weighted by atomic mass is 16.6. The Hall–Kier alpha value is -2.35. The number of anilines is 1. The smallest absolute Gasteiger partial charge is 0.323 e. The number of hydrogen-bond acceptors (Lipinski definition) is 5. The molecule has 8 heteroatoms. The normalized spacial score (nSPS) is 10.5. The molecule has 21 heavy (non-hydrogen) atoms. The summed E-state index contributed by atoms with van der Waals surface area (Å²) in [6, 6.07) is 9.51. The Morgan fingerprint density at radius 2 is 2.10 bits per heavy atom. The fourth-order valence-corrected chi connectivity index (χ4v) is 1.99. The van der Waals surface area contributed by atoms with E-state index in [4.69, 9.17) is 13.0 Å². The van der Waals surface area contributed by atoms with Crippen LogP contribution < -0.4 is 10.9 Å². The predicted octanol–water partition coefficient (Wildman–Crippen LogP) is 0.580. The first-order valence-corrected chi connectivity index (χ1v) is 6.52. The van der Waals surface area contributed by atoms with E-state index in [1.165, 1.54) is 4.68 Å². The zero-order valence-corrected chi connectivity index (χ0v) is 11.4. The molecule has 0 saturated heterocycles. The van der Waals surface area contributed by atoms with Gasteiger partial charge in [-0.2, -0.15) is 5.10 Å². The maximum absolute atomic E-state index is 11.1. The summed E-state index contributed by atoms with van der Waals surface area (Å²) in [6.07, 6.45) is 0.443. The lowest BCUT2D eigenvalue weighted by Gasteiger charge is -2.09. The van der Waals surface area contributed by atoms with Crippen molar-refractivity contribution >= 4 is 24.9 Å². The molecule has 0 atom stereocenters. The second-order valence-electron chi connectivity index (χ2n) is 4.48. The highest BCUT2D eigenvalue weighted by Gasteiger charge is 2.24. The van der Waals surface area contributed by atoms with Crippen LogP contribution in [0.25, 0.3) is 0 Å². The van der Waals surface area contributed by atoms with Crippen LogP contribution in [0.3, 0.4) is 0 Å². The number of nitrogens with zero attached hydrogens (tertiary/aromatic N) is 3. The van der Waals surface area contributed by atoms with Crippen molar-refractivity contribution in [2.24, 2.45) is 0 Å². The molecule has 0 unspecified atom stereocenters. The zero-order valence-electron chi connectivity index (χ0n) is 11.4. The Morgan fingerprint density at radius 3 is 2.71 bits per heavy atom. The highest BCUT2D eigenvalue weighted by molar-refractivity contribution is 6.34. The molecule has 1 aromatic heterocycles. The molecule has 0 fully saturated rings. The number of nitrogens with one attached hydrogen (secondary N) is 1. The molecule has 0 aliphatic heterocycles. The monoisotopic (exact) mass is 286 g/mol. The summed E-state index contributed by atoms with van der Waals surface area (Å²) in [5.74, 6) is 0.259. The fourth-order valence-electron chi connectivity index (χ4n) is 1.99. The van der Waals surface area contributed by atoms with Gasteiger partial charge in [-0.05, 0) is 12.0 Å². The Bertz CT molecular complexity index is 615. The minimum absolute atomic E-state index is 0.0221. The van der Waals surface area contributed by atoms with Crippen LogP contribution in [0.1, 0.15) is 12.0 Å². The van der Waals surface area contributed by atoms with E-state index in [0.29, 0.717) is 19.5 Å². The molecule has 108 valence electrons. The molecule has 1 heterocycles. The summed E-state index contributed by atoms with van der Waals surface area (Å²) in [5.41, 5.74) is 0.623. The number of nitro groups is 1. The summed E-state index contributed by atoms with van der Waals surface area (Å²) < 4.78 is 1.42. The van der Waals surface area contributed by atoms with E-state index in [2.05, 4.69) is 10.4 Å². The van der Waals surface area contributed by atoms with E-state index in [-0.39, 0.29) is 23.7 Å². The lowest BCUT2D eigenvalue weighted by atomic mass is 10.0. The molecule has 0 spiro atoms. The van der Waals surface area contributed by atoms with Gasteiger partial charge in [0, 0.05) is 19.7 Å². The summed E-state index contributed by atoms with van der Waals surface area (Å²) in [6.45, 7) is 0.753. The van der Waals surface area contributed by atoms with Gasteiger partial charge >= 0.3 is 5.69 Å². The molecule has 7 nitrogen and oxygen atoms in total. The standard InChI is InChI=1S/C13H15BN4O3/c14-12-11(18(20)21)13(17(16-12)7-4-8-19)15-9-10-5-2-1-3-6-10/h1-3,5-6,15,19H,4,7-9H2. The van der Waals surface area contributed by atoms with E-state index < -0.39 is 4.92 Å². The first kappa shape index (κ1) is 15.1. The summed E-state index contributed by atoms with van der Waals surface area (Å²) in [7, 11) is 5.61. The van der Waals surface area contributed by atoms with Gasteiger partial charge in [-0.15, -0.1) is 0 Å². The van der Waals surface area contributed by atoms with E-state index in [1.54, 1.807) is 0 Å². The third kappa shape index (κ3) is 3.60. The summed E-state index contributed by atoms with van der Waals surface area (Å²) in [4.78, 5) is 10.6. The first-order valence-electron chi connectivity index (χ1n) is 6.52. The van der Waals surface area contributed by atoms with Crippen molar-refractivity contribution in [1.82, 2.24) is 9.78 Å². The topological polar surface area (TPSA) is 93.2 Å². The van der Waals surface area contributed by atoms with Crippen molar-refractivity contribution in [2.45, 2.75) is 19.5 Å². The summed E-state index contributed by atoms with van der Waals surface area (Å²) >= 11 is 0. The molecule has 0 amide bonds. The Kier molecular flexibility index (Phi) is 4.94. The molecule has 0 bridgehead atoms. The van der Waals surface area contributed by atoms with Crippen LogP contribution in [-0.4, -0.2) is 34.3 Å². The van der Waals surface area contributed by atoms with Crippen LogP contribution in [0.15, 0.2) is 30.3 Å². The van der Waals surface area contributed by atoms with Gasteiger partial charge in [0.15, 0.2) is 7.85 Å². The zero-order chi connectivity index (χ0) is 15.2. The van der Waals surface area contributed by atoms with Gasteiger partial charge in [0.2, 0.25) is 5.82 Å². The number of hydrogen-bond donors (Lipinski definition) is 2. The van der Waals surface area contributed by atoms with Crippen LogP contribution in [0.2, 0.25) is 0 Å². The molecule has 2 N–H and O–H groups in total.